The Balaban J connectivity index is 3.04. The second kappa shape index (κ2) is 2.67. The van der Waals surface area contributed by atoms with E-state index < -0.39 is 0 Å². The van der Waals surface area contributed by atoms with Crippen molar-refractivity contribution in [3.05, 3.63) is 26.6 Å². The van der Waals surface area contributed by atoms with E-state index in [2.05, 4.69) is 9.97 Å². The number of H-pyrrole nitrogens is 1. The van der Waals surface area contributed by atoms with E-state index in [9.17, 15) is 4.79 Å². The van der Waals surface area contributed by atoms with Crippen molar-refractivity contribution in [3.8, 4) is 0 Å². The summed E-state index contributed by atoms with van der Waals surface area (Å²) in [6.07, 6.45) is 0. The molecule has 0 spiro atoms. The number of hydrogen-bond acceptors (Lipinski definition) is 3. The van der Waals surface area contributed by atoms with Crippen LogP contribution < -0.4 is 4.87 Å². The fourth-order valence-electron chi connectivity index (χ4n) is 1.40. The molecule has 4 heteroatoms. The predicted molar refractivity (Wildman–Crippen MR) is 54.5 cm³/mol. The molecule has 0 fully saturated rings. The molecule has 2 heterocycles. The van der Waals surface area contributed by atoms with Gasteiger partial charge < -0.3 is 4.98 Å². The molecular formula is C9H10N2OS. The average Bonchev–Trinajstić information content (AvgIpc) is 2.44. The lowest BCUT2D eigenvalue weighted by atomic mass is 10.2. The SMILES string of the molecule is Cc1nc(C)c2[nH]c(=O)sc2c1C. The molecule has 0 aliphatic rings. The Bertz CT molecular complexity index is 524. The summed E-state index contributed by atoms with van der Waals surface area (Å²) < 4.78 is 1.04. The summed E-state index contributed by atoms with van der Waals surface area (Å²) >= 11 is 1.26. The lowest BCUT2D eigenvalue weighted by Crippen LogP contribution is -1.93. The number of aryl methyl sites for hydroxylation is 3. The number of rotatable bonds is 0. The Morgan fingerprint density at radius 1 is 1.23 bits per heavy atom. The van der Waals surface area contributed by atoms with Gasteiger partial charge in [0.25, 0.3) is 0 Å². The van der Waals surface area contributed by atoms with Gasteiger partial charge in [-0.15, -0.1) is 0 Å². The molecule has 68 valence electrons. The Labute approximate surface area is 79.4 Å². The zero-order valence-corrected chi connectivity index (χ0v) is 8.58. The number of nitrogens with zero attached hydrogens (tertiary/aromatic N) is 1. The third-order valence-corrected chi connectivity index (χ3v) is 3.23. The molecule has 0 aliphatic carbocycles. The molecule has 0 aliphatic heterocycles. The van der Waals surface area contributed by atoms with Gasteiger partial charge in [-0.1, -0.05) is 11.3 Å². The standard InChI is InChI=1S/C9H10N2OS/c1-4-5(2)10-6(3)7-8(4)13-9(12)11-7/h1-3H3,(H,11,12). The van der Waals surface area contributed by atoms with Crippen LogP contribution in [-0.2, 0) is 0 Å². The lowest BCUT2D eigenvalue weighted by Gasteiger charge is -2.01. The maximum atomic E-state index is 11.1. The van der Waals surface area contributed by atoms with E-state index in [-0.39, 0.29) is 4.87 Å². The smallest absolute Gasteiger partial charge is 0.305 e. The highest BCUT2D eigenvalue weighted by Gasteiger charge is 2.08. The highest BCUT2D eigenvalue weighted by molar-refractivity contribution is 7.16. The number of hydrogen-bond donors (Lipinski definition) is 1. The van der Waals surface area contributed by atoms with Gasteiger partial charge in [-0.25, -0.2) is 0 Å². The van der Waals surface area contributed by atoms with Crippen LogP contribution in [0.3, 0.4) is 0 Å². The van der Waals surface area contributed by atoms with E-state index in [1.165, 1.54) is 11.3 Å². The first-order valence-electron chi connectivity index (χ1n) is 4.06. The van der Waals surface area contributed by atoms with Crippen molar-refractivity contribution >= 4 is 21.6 Å². The van der Waals surface area contributed by atoms with Crippen LogP contribution >= 0.6 is 11.3 Å². The minimum absolute atomic E-state index is 0.00593. The number of aromatic nitrogens is 2. The first-order valence-corrected chi connectivity index (χ1v) is 4.88. The molecule has 0 atom stereocenters. The molecule has 3 nitrogen and oxygen atoms in total. The largest absolute Gasteiger partial charge is 0.311 e. The highest BCUT2D eigenvalue weighted by atomic mass is 32.1. The van der Waals surface area contributed by atoms with E-state index >= 15 is 0 Å². The normalized spacial score (nSPS) is 11.0. The van der Waals surface area contributed by atoms with Gasteiger partial charge >= 0.3 is 4.87 Å². The van der Waals surface area contributed by atoms with E-state index in [0.717, 1.165) is 27.2 Å². The molecule has 0 unspecified atom stereocenters. The number of pyridine rings is 1. The Morgan fingerprint density at radius 2 is 1.92 bits per heavy atom. The van der Waals surface area contributed by atoms with Crippen molar-refractivity contribution in [1.29, 1.82) is 0 Å². The van der Waals surface area contributed by atoms with Gasteiger partial charge in [-0.2, -0.15) is 0 Å². The van der Waals surface area contributed by atoms with Gasteiger partial charge in [0.15, 0.2) is 0 Å². The lowest BCUT2D eigenvalue weighted by molar-refractivity contribution is 1.11. The molecule has 0 bridgehead atoms. The van der Waals surface area contributed by atoms with Crippen LogP contribution in [0.4, 0.5) is 0 Å². The Kier molecular flexibility index (Phi) is 1.73. The van der Waals surface area contributed by atoms with Crippen LogP contribution in [0.2, 0.25) is 0 Å². The molecule has 0 aromatic carbocycles. The molecule has 2 aromatic heterocycles. The van der Waals surface area contributed by atoms with E-state index in [1.54, 1.807) is 0 Å². The van der Waals surface area contributed by atoms with Gasteiger partial charge in [-0.05, 0) is 26.3 Å². The third-order valence-electron chi connectivity index (χ3n) is 2.23. The average molecular weight is 194 g/mol. The number of nitrogens with one attached hydrogen (secondary N) is 1. The topological polar surface area (TPSA) is 45.8 Å². The van der Waals surface area contributed by atoms with Gasteiger partial charge in [0.1, 0.15) is 0 Å². The molecular weight excluding hydrogens is 184 g/mol. The molecule has 1 N–H and O–H groups in total. The summed E-state index contributed by atoms with van der Waals surface area (Å²) in [5.74, 6) is 0. The van der Waals surface area contributed by atoms with Crippen molar-refractivity contribution in [2.24, 2.45) is 0 Å². The fourth-order valence-corrected chi connectivity index (χ4v) is 2.34. The molecule has 2 aromatic rings. The molecule has 13 heavy (non-hydrogen) atoms. The highest BCUT2D eigenvalue weighted by Crippen LogP contribution is 2.22. The molecule has 0 saturated heterocycles. The van der Waals surface area contributed by atoms with Gasteiger partial charge in [0.2, 0.25) is 0 Å². The summed E-state index contributed by atoms with van der Waals surface area (Å²) in [4.78, 5) is 18.3. The Hall–Kier alpha value is -1.16. The van der Waals surface area contributed by atoms with Crippen LogP contribution in [0, 0.1) is 20.8 Å². The summed E-state index contributed by atoms with van der Waals surface area (Å²) in [6, 6.07) is 0. The summed E-state index contributed by atoms with van der Waals surface area (Å²) in [7, 11) is 0. The van der Waals surface area contributed by atoms with Crippen molar-refractivity contribution in [3.63, 3.8) is 0 Å². The minimum atomic E-state index is -0.00593. The fraction of sp³-hybridized carbons (Fsp3) is 0.333. The van der Waals surface area contributed by atoms with E-state index in [0.29, 0.717) is 0 Å². The maximum Gasteiger partial charge on any atom is 0.305 e. The second-order valence-corrected chi connectivity index (χ2v) is 4.11. The van der Waals surface area contributed by atoms with Crippen molar-refractivity contribution in [1.82, 2.24) is 9.97 Å². The zero-order valence-electron chi connectivity index (χ0n) is 7.76. The van der Waals surface area contributed by atoms with Gasteiger partial charge in [-0.3, -0.25) is 9.78 Å². The number of fused-ring (bicyclic) bond motifs is 1. The summed E-state index contributed by atoms with van der Waals surface area (Å²) in [6.45, 7) is 5.87. The molecule has 2 rings (SSSR count). The molecule has 0 radical (unpaired) electrons. The molecule has 0 saturated carbocycles. The number of thiazole rings is 1. The monoisotopic (exact) mass is 194 g/mol. The maximum absolute atomic E-state index is 11.1. The van der Waals surface area contributed by atoms with Crippen LogP contribution in [0.1, 0.15) is 17.0 Å². The minimum Gasteiger partial charge on any atom is -0.311 e. The van der Waals surface area contributed by atoms with Crippen molar-refractivity contribution in [2.45, 2.75) is 20.8 Å². The van der Waals surface area contributed by atoms with Gasteiger partial charge in [0, 0.05) is 5.69 Å². The van der Waals surface area contributed by atoms with Crippen molar-refractivity contribution < 1.29 is 0 Å². The van der Waals surface area contributed by atoms with Crippen molar-refractivity contribution in [2.75, 3.05) is 0 Å². The second-order valence-electron chi connectivity index (χ2n) is 3.13. The first kappa shape index (κ1) is 8.44. The van der Waals surface area contributed by atoms with Crippen LogP contribution in [0.25, 0.3) is 10.2 Å². The predicted octanol–water partition coefficient (Wildman–Crippen LogP) is 1.91. The van der Waals surface area contributed by atoms with E-state index in [1.807, 2.05) is 20.8 Å². The summed E-state index contributed by atoms with van der Waals surface area (Å²) in [5.41, 5.74) is 3.89. The number of aromatic amines is 1. The van der Waals surface area contributed by atoms with Gasteiger partial charge in [0.05, 0.1) is 15.9 Å². The van der Waals surface area contributed by atoms with Crippen LogP contribution in [0.5, 0.6) is 0 Å². The third kappa shape index (κ3) is 1.18. The first-order chi connectivity index (χ1) is 6.09. The van der Waals surface area contributed by atoms with E-state index in [4.69, 9.17) is 0 Å². The Morgan fingerprint density at radius 3 is 2.62 bits per heavy atom. The zero-order chi connectivity index (χ0) is 9.59. The van der Waals surface area contributed by atoms with Crippen LogP contribution in [-0.4, -0.2) is 9.97 Å². The van der Waals surface area contributed by atoms with Crippen LogP contribution in [0.15, 0.2) is 4.79 Å². The molecule has 0 amide bonds. The summed E-state index contributed by atoms with van der Waals surface area (Å²) in [5, 5.41) is 0. The quantitative estimate of drug-likeness (QED) is 0.696.